The van der Waals surface area contributed by atoms with E-state index in [1.807, 2.05) is 0 Å². The Morgan fingerprint density at radius 3 is 2.62 bits per heavy atom. The maximum absolute atomic E-state index is 13.6. The average molecular weight is 307 g/mol. The van der Waals surface area contributed by atoms with Crippen molar-refractivity contribution in [3.8, 4) is 0 Å². The van der Waals surface area contributed by atoms with Crippen LogP contribution in [0.25, 0.3) is 0 Å². The molecule has 0 aromatic heterocycles. The summed E-state index contributed by atoms with van der Waals surface area (Å²) in [6.07, 6.45) is -0.639. The van der Waals surface area contributed by atoms with Crippen LogP contribution in [0, 0.1) is 23.3 Å². The molecule has 1 aromatic carbocycles. The van der Waals surface area contributed by atoms with Gasteiger partial charge in [0.15, 0.2) is 23.3 Å². The number of rotatable bonds is 3. The second-order valence-corrected chi connectivity index (χ2v) is 4.80. The lowest BCUT2D eigenvalue weighted by Gasteiger charge is -2.24. The molecule has 4 nitrogen and oxygen atoms in total. The Morgan fingerprint density at radius 1 is 1.33 bits per heavy atom. The minimum atomic E-state index is -2.04. The molecule has 0 saturated carbocycles. The van der Waals surface area contributed by atoms with Gasteiger partial charge < -0.3 is 14.7 Å². The van der Waals surface area contributed by atoms with Crippen molar-refractivity contribution in [1.82, 2.24) is 4.90 Å². The van der Waals surface area contributed by atoms with Gasteiger partial charge in [-0.3, -0.25) is 4.79 Å². The molecule has 1 aromatic rings. The van der Waals surface area contributed by atoms with Crippen LogP contribution in [0.2, 0.25) is 0 Å². The standard InChI is InChI=1S/C13H13F4NO3/c1-21-5-6-2-7(19)4-18(6)13(20)8-3-9(14)11(16)12(17)10(8)15/h3,6-7,19H,2,4-5H2,1H3/t6-,7+/m0/s1. The number of aliphatic hydroxyl groups is 1. The molecule has 1 aliphatic heterocycles. The minimum absolute atomic E-state index is 0.0799. The smallest absolute Gasteiger partial charge is 0.257 e. The highest BCUT2D eigenvalue weighted by Crippen LogP contribution is 2.25. The quantitative estimate of drug-likeness (QED) is 0.522. The first-order valence-corrected chi connectivity index (χ1v) is 6.17. The molecule has 1 amide bonds. The second-order valence-electron chi connectivity index (χ2n) is 4.80. The molecule has 1 aliphatic rings. The van der Waals surface area contributed by atoms with Gasteiger partial charge in [-0.25, -0.2) is 17.6 Å². The van der Waals surface area contributed by atoms with Crippen LogP contribution in [0.1, 0.15) is 16.8 Å². The van der Waals surface area contributed by atoms with E-state index in [-0.39, 0.29) is 19.6 Å². The predicted molar refractivity (Wildman–Crippen MR) is 63.6 cm³/mol. The molecule has 1 fully saturated rings. The van der Waals surface area contributed by atoms with Crippen LogP contribution in [-0.2, 0) is 4.74 Å². The Morgan fingerprint density at radius 2 is 2.00 bits per heavy atom. The SMILES string of the molecule is COC[C@@H]1C[C@@H](O)CN1C(=O)c1cc(F)c(F)c(F)c1F. The van der Waals surface area contributed by atoms with Crippen molar-refractivity contribution in [1.29, 1.82) is 0 Å². The molecular formula is C13H13F4NO3. The van der Waals surface area contributed by atoms with Crippen molar-refractivity contribution < 1.29 is 32.2 Å². The predicted octanol–water partition coefficient (Wildman–Crippen LogP) is 1.46. The van der Waals surface area contributed by atoms with Crippen molar-refractivity contribution in [2.75, 3.05) is 20.3 Å². The molecule has 21 heavy (non-hydrogen) atoms. The largest absolute Gasteiger partial charge is 0.391 e. The number of hydrogen-bond donors (Lipinski definition) is 1. The molecule has 8 heteroatoms. The lowest BCUT2D eigenvalue weighted by molar-refractivity contribution is 0.0616. The van der Waals surface area contributed by atoms with Gasteiger partial charge in [0, 0.05) is 13.7 Å². The van der Waals surface area contributed by atoms with Gasteiger partial charge in [0.2, 0.25) is 0 Å². The molecule has 1 N–H and O–H groups in total. The topological polar surface area (TPSA) is 49.8 Å². The number of β-amino-alcohol motifs (C(OH)–C–C–N with tert-alkyl or cyclic N) is 1. The Labute approximate surface area is 117 Å². The van der Waals surface area contributed by atoms with Crippen LogP contribution in [0.3, 0.4) is 0 Å². The Hall–Kier alpha value is -1.67. The summed E-state index contributed by atoms with van der Waals surface area (Å²) >= 11 is 0. The third-order valence-electron chi connectivity index (χ3n) is 3.35. The summed E-state index contributed by atoms with van der Waals surface area (Å²) in [6.45, 7) is -0.0382. The van der Waals surface area contributed by atoms with Crippen LogP contribution in [0.4, 0.5) is 17.6 Å². The fraction of sp³-hybridized carbons (Fsp3) is 0.462. The number of aliphatic hydroxyl groups excluding tert-OH is 1. The number of carbonyl (C=O) groups excluding carboxylic acids is 1. The van der Waals surface area contributed by atoms with E-state index in [2.05, 4.69) is 0 Å². The van der Waals surface area contributed by atoms with Crippen LogP contribution in [0.15, 0.2) is 6.07 Å². The van der Waals surface area contributed by atoms with E-state index in [0.717, 1.165) is 4.90 Å². The summed E-state index contributed by atoms with van der Waals surface area (Å²) in [5.74, 6) is -8.44. The summed E-state index contributed by atoms with van der Waals surface area (Å²) in [5.41, 5.74) is -0.915. The van der Waals surface area contributed by atoms with E-state index in [1.165, 1.54) is 7.11 Å². The Balaban J connectivity index is 2.36. The third kappa shape index (κ3) is 2.86. The molecule has 0 aliphatic carbocycles. The van der Waals surface area contributed by atoms with Crippen LogP contribution in [0.5, 0.6) is 0 Å². The minimum Gasteiger partial charge on any atom is -0.391 e. The lowest BCUT2D eigenvalue weighted by atomic mass is 10.1. The number of methoxy groups -OCH3 is 1. The molecular weight excluding hydrogens is 294 g/mol. The number of nitrogens with zero attached hydrogens (tertiary/aromatic N) is 1. The third-order valence-corrected chi connectivity index (χ3v) is 3.35. The van der Waals surface area contributed by atoms with Crippen LogP contribution >= 0.6 is 0 Å². The molecule has 0 bridgehead atoms. The van der Waals surface area contributed by atoms with Gasteiger partial charge >= 0.3 is 0 Å². The lowest BCUT2D eigenvalue weighted by Crippen LogP contribution is -2.39. The molecule has 0 unspecified atom stereocenters. The van der Waals surface area contributed by atoms with E-state index in [1.54, 1.807) is 0 Å². The summed E-state index contributed by atoms with van der Waals surface area (Å²) in [4.78, 5) is 13.2. The maximum atomic E-state index is 13.6. The van der Waals surface area contributed by atoms with Gasteiger partial charge in [0.05, 0.1) is 24.3 Å². The van der Waals surface area contributed by atoms with Gasteiger partial charge in [-0.2, -0.15) is 0 Å². The fourth-order valence-electron chi connectivity index (χ4n) is 2.37. The molecule has 2 atom stereocenters. The van der Waals surface area contributed by atoms with E-state index in [9.17, 15) is 27.5 Å². The summed E-state index contributed by atoms with van der Waals surface area (Å²) in [5, 5.41) is 9.56. The van der Waals surface area contributed by atoms with E-state index >= 15 is 0 Å². The Bertz CT molecular complexity index is 567. The monoisotopic (exact) mass is 307 g/mol. The van der Waals surface area contributed by atoms with Crippen molar-refractivity contribution in [3.05, 3.63) is 34.9 Å². The van der Waals surface area contributed by atoms with Crippen LogP contribution < -0.4 is 0 Å². The second kappa shape index (κ2) is 5.98. The van der Waals surface area contributed by atoms with Crippen molar-refractivity contribution in [2.45, 2.75) is 18.6 Å². The zero-order valence-electron chi connectivity index (χ0n) is 11.1. The van der Waals surface area contributed by atoms with Crippen molar-refractivity contribution in [2.24, 2.45) is 0 Å². The number of likely N-dealkylation sites (tertiary alicyclic amines) is 1. The maximum Gasteiger partial charge on any atom is 0.257 e. The molecule has 0 spiro atoms. The van der Waals surface area contributed by atoms with Crippen molar-refractivity contribution in [3.63, 3.8) is 0 Å². The zero-order chi connectivity index (χ0) is 15.7. The van der Waals surface area contributed by atoms with Gasteiger partial charge in [-0.15, -0.1) is 0 Å². The summed E-state index contributed by atoms with van der Waals surface area (Å²) in [7, 11) is 1.38. The summed E-state index contributed by atoms with van der Waals surface area (Å²) in [6, 6.07) is -0.238. The van der Waals surface area contributed by atoms with Gasteiger partial charge in [0.25, 0.3) is 5.91 Å². The summed E-state index contributed by atoms with van der Waals surface area (Å²) < 4.78 is 57.8. The number of carbonyl (C=O) groups is 1. The molecule has 1 heterocycles. The van der Waals surface area contributed by atoms with Gasteiger partial charge in [-0.1, -0.05) is 0 Å². The van der Waals surface area contributed by atoms with Crippen molar-refractivity contribution >= 4 is 5.91 Å². The van der Waals surface area contributed by atoms with Crippen LogP contribution in [-0.4, -0.2) is 48.3 Å². The highest BCUT2D eigenvalue weighted by atomic mass is 19.2. The number of ether oxygens (including phenoxy) is 1. The number of halogens is 4. The van der Waals surface area contributed by atoms with Gasteiger partial charge in [0.1, 0.15) is 0 Å². The molecule has 2 rings (SSSR count). The Kier molecular flexibility index (Phi) is 4.48. The first-order valence-electron chi connectivity index (χ1n) is 6.17. The van der Waals surface area contributed by atoms with E-state index in [0.29, 0.717) is 6.07 Å². The number of benzene rings is 1. The first kappa shape index (κ1) is 15.7. The normalized spacial score (nSPS) is 21.9. The van der Waals surface area contributed by atoms with E-state index in [4.69, 9.17) is 4.74 Å². The number of hydrogen-bond acceptors (Lipinski definition) is 3. The first-order chi connectivity index (χ1) is 9.86. The fourth-order valence-corrected chi connectivity index (χ4v) is 2.37. The molecule has 116 valence electrons. The van der Waals surface area contributed by atoms with E-state index < -0.39 is 46.9 Å². The highest BCUT2D eigenvalue weighted by Gasteiger charge is 2.36. The zero-order valence-corrected chi connectivity index (χ0v) is 11.1. The average Bonchev–Trinajstić information content (AvgIpc) is 2.81. The molecule has 1 saturated heterocycles. The van der Waals surface area contributed by atoms with Gasteiger partial charge in [-0.05, 0) is 12.5 Å². The highest BCUT2D eigenvalue weighted by molar-refractivity contribution is 5.95. The number of amides is 1. The molecule has 0 radical (unpaired) electrons.